The minimum atomic E-state index is -1.99. The van der Waals surface area contributed by atoms with Crippen molar-refractivity contribution in [3.63, 3.8) is 0 Å². The zero-order valence-corrected chi connectivity index (χ0v) is 16.1. The van der Waals surface area contributed by atoms with Crippen LogP contribution in [0.2, 0.25) is 0 Å². The van der Waals surface area contributed by atoms with E-state index >= 15 is 0 Å². The van der Waals surface area contributed by atoms with Gasteiger partial charge in [0, 0.05) is 13.1 Å². The molecule has 0 bridgehead atoms. The normalized spacial score (nSPS) is 15.1. The van der Waals surface area contributed by atoms with Gasteiger partial charge in [-0.3, -0.25) is 4.79 Å². The number of nitrogens with zero attached hydrogens (tertiary/aromatic N) is 1. The van der Waals surface area contributed by atoms with E-state index in [1.807, 2.05) is 0 Å². The van der Waals surface area contributed by atoms with Crippen LogP contribution in [-0.2, 0) is 19.1 Å². The number of rotatable bonds is 7. The van der Waals surface area contributed by atoms with E-state index in [-0.39, 0.29) is 11.1 Å². The van der Waals surface area contributed by atoms with Crippen LogP contribution in [0.3, 0.4) is 0 Å². The van der Waals surface area contributed by atoms with Gasteiger partial charge in [0.2, 0.25) is 12.2 Å². The van der Waals surface area contributed by atoms with Crippen molar-refractivity contribution in [1.82, 2.24) is 4.90 Å². The zero-order chi connectivity index (χ0) is 21.5. The summed E-state index contributed by atoms with van der Waals surface area (Å²) in [5, 5.41) is 9.68. The second-order valence-electron chi connectivity index (χ2n) is 6.75. The van der Waals surface area contributed by atoms with Crippen LogP contribution < -0.4 is 0 Å². The number of benzene rings is 2. The Labute approximate surface area is 173 Å². The smallest absolute Gasteiger partial charge is 0.349 e. The number of amides is 1. The van der Waals surface area contributed by atoms with Crippen LogP contribution in [0.1, 0.15) is 33.6 Å². The van der Waals surface area contributed by atoms with Crippen LogP contribution in [0.25, 0.3) is 0 Å². The maximum absolute atomic E-state index is 13.0. The van der Waals surface area contributed by atoms with E-state index < -0.39 is 36.0 Å². The molecular weight excluding hydrogens is 390 g/mol. The largest absolute Gasteiger partial charge is 0.478 e. The first-order valence-corrected chi connectivity index (χ1v) is 9.51. The first kappa shape index (κ1) is 21.0. The van der Waals surface area contributed by atoms with E-state index in [9.17, 15) is 24.3 Å². The number of likely N-dealkylation sites (tertiary alicyclic amines) is 1. The summed E-state index contributed by atoms with van der Waals surface area (Å²) in [6.45, 7) is 0.828. The van der Waals surface area contributed by atoms with Gasteiger partial charge in [0.15, 0.2) is 0 Å². The summed E-state index contributed by atoms with van der Waals surface area (Å²) < 4.78 is 10.4. The van der Waals surface area contributed by atoms with E-state index in [0.717, 1.165) is 12.8 Å². The number of hydrogen-bond donors (Lipinski definition) is 1. The van der Waals surface area contributed by atoms with Gasteiger partial charge in [-0.2, -0.15) is 0 Å². The van der Waals surface area contributed by atoms with Gasteiger partial charge in [-0.15, -0.1) is 0 Å². The zero-order valence-electron chi connectivity index (χ0n) is 16.1. The Kier molecular flexibility index (Phi) is 6.79. The molecule has 8 nitrogen and oxygen atoms in total. The molecule has 156 valence electrons. The lowest BCUT2D eigenvalue weighted by Crippen LogP contribution is -2.51. The highest BCUT2D eigenvalue weighted by molar-refractivity contribution is 5.96. The van der Waals surface area contributed by atoms with Gasteiger partial charge in [-0.05, 0) is 37.1 Å². The minimum absolute atomic E-state index is 0.116. The molecule has 1 heterocycles. The molecule has 2 unspecified atom stereocenters. The molecule has 0 radical (unpaired) electrons. The fourth-order valence-corrected chi connectivity index (χ4v) is 3.12. The molecule has 1 aliphatic heterocycles. The van der Waals surface area contributed by atoms with Crippen molar-refractivity contribution in [2.75, 3.05) is 13.1 Å². The molecule has 0 saturated carbocycles. The SMILES string of the molecule is O=C(OC(C(=O)O)C(OC(=O)c1ccccc1)C(=O)N1CCCC1)c1ccccc1. The quantitative estimate of drug-likeness (QED) is 0.695. The molecule has 1 amide bonds. The van der Waals surface area contributed by atoms with Crippen LogP contribution in [0, 0.1) is 0 Å². The van der Waals surface area contributed by atoms with E-state index in [2.05, 4.69) is 0 Å². The summed E-state index contributed by atoms with van der Waals surface area (Å²) >= 11 is 0. The molecule has 1 N–H and O–H groups in total. The highest BCUT2D eigenvalue weighted by atomic mass is 16.6. The maximum Gasteiger partial charge on any atom is 0.349 e. The van der Waals surface area contributed by atoms with Gasteiger partial charge in [-0.25, -0.2) is 14.4 Å². The molecular formula is C22H21NO7. The molecule has 30 heavy (non-hydrogen) atoms. The predicted octanol–water partition coefficient (Wildman–Crippen LogP) is 2.14. The van der Waals surface area contributed by atoms with E-state index in [1.54, 1.807) is 36.4 Å². The first-order chi connectivity index (χ1) is 14.5. The second-order valence-corrected chi connectivity index (χ2v) is 6.75. The fraction of sp³-hybridized carbons (Fsp3) is 0.273. The van der Waals surface area contributed by atoms with Gasteiger partial charge in [-0.1, -0.05) is 36.4 Å². The number of aliphatic carboxylic acids is 1. The summed E-state index contributed by atoms with van der Waals surface area (Å²) in [7, 11) is 0. The third-order valence-corrected chi connectivity index (χ3v) is 4.67. The number of carboxylic acids is 1. The highest BCUT2D eigenvalue weighted by Crippen LogP contribution is 2.18. The van der Waals surface area contributed by atoms with Crippen molar-refractivity contribution in [2.24, 2.45) is 0 Å². The third-order valence-electron chi connectivity index (χ3n) is 4.67. The minimum Gasteiger partial charge on any atom is -0.478 e. The van der Waals surface area contributed by atoms with Gasteiger partial charge in [0.1, 0.15) is 0 Å². The van der Waals surface area contributed by atoms with Gasteiger partial charge in [0.25, 0.3) is 5.91 Å². The Bertz CT molecular complexity index is 908. The van der Waals surface area contributed by atoms with Crippen molar-refractivity contribution in [3.8, 4) is 0 Å². The van der Waals surface area contributed by atoms with Gasteiger partial charge >= 0.3 is 17.9 Å². The molecule has 1 fully saturated rings. The average Bonchev–Trinajstić information content (AvgIpc) is 3.31. The monoisotopic (exact) mass is 411 g/mol. The lowest BCUT2D eigenvalue weighted by Gasteiger charge is -2.27. The summed E-state index contributed by atoms with van der Waals surface area (Å²) in [4.78, 5) is 51.2. The Morgan fingerprint density at radius 1 is 0.733 bits per heavy atom. The molecule has 3 rings (SSSR count). The van der Waals surface area contributed by atoms with Gasteiger partial charge < -0.3 is 19.5 Å². The van der Waals surface area contributed by atoms with Crippen molar-refractivity contribution < 1.29 is 33.8 Å². The van der Waals surface area contributed by atoms with Crippen LogP contribution in [0.15, 0.2) is 60.7 Å². The number of carbonyl (C=O) groups excluding carboxylic acids is 3. The van der Waals surface area contributed by atoms with Crippen molar-refractivity contribution in [3.05, 3.63) is 71.8 Å². The molecule has 0 aromatic heterocycles. The van der Waals surface area contributed by atoms with Crippen molar-refractivity contribution in [1.29, 1.82) is 0 Å². The molecule has 2 atom stereocenters. The van der Waals surface area contributed by atoms with Crippen LogP contribution in [0.5, 0.6) is 0 Å². The Morgan fingerprint density at radius 2 is 1.17 bits per heavy atom. The summed E-state index contributed by atoms with van der Waals surface area (Å²) in [6, 6.07) is 15.7. The molecule has 0 spiro atoms. The molecule has 2 aromatic carbocycles. The molecule has 0 aliphatic carbocycles. The molecule has 1 saturated heterocycles. The molecule has 1 aliphatic rings. The summed E-state index contributed by atoms with van der Waals surface area (Å²) in [6.07, 6.45) is -2.28. The van der Waals surface area contributed by atoms with Gasteiger partial charge in [0.05, 0.1) is 11.1 Å². The first-order valence-electron chi connectivity index (χ1n) is 9.51. The number of carboxylic acid groups (broad SMARTS) is 1. The maximum atomic E-state index is 13.0. The molecule has 8 heteroatoms. The Balaban J connectivity index is 1.86. The topological polar surface area (TPSA) is 110 Å². The van der Waals surface area contributed by atoms with E-state index in [4.69, 9.17) is 9.47 Å². The van der Waals surface area contributed by atoms with E-state index in [0.29, 0.717) is 13.1 Å². The average molecular weight is 411 g/mol. The lowest BCUT2D eigenvalue weighted by molar-refractivity contribution is -0.162. The Morgan fingerprint density at radius 3 is 1.60 bits per heavy atom. The third kappa shape index (κ3) is 5.02. The summed E-state index contributed by atoms with van der Waals surface area (Å²) in [5.74, 6) is -4.10. The number of ether oxygens (including phenoxy) is 2. The predicted molar refractivity (Wildman–Crippen MR) is 105 cm³/mol. The second kappa shape index (κ2) is 9.69. The number of hydrogen-bond acceptors (Lipinski definition) is 6. The van der Waals surface area contributed by atoms with Crippen LogP contribution in [0.4, 0.5) is 0 Å². The Hall–Kier alpha value is -3.68. The number of esters is 2. The van der Waals surface area contributed by atoms with Crippen LogP contribution in [-0.4, -0.2) is 59.1 Å². The standard InChI is InChI=1S/C22H21NO7/c24-19(23-13-7-8-14-23)17(29-21(27)15-9-3-1-4-10-15)18(20(25)26)30-22(28)16-11-5-2-6-12-16/h1-6,9-12,17-18H,7-8,13-14H2,(H,25,26). The lowest BCUT2D eigenvalue weighted by atomic mass is 10.1. The van der Waals surface area contributed by atoms with Crippen molar-refractivity contribution in [2.45, 2.75) is 25.0 Å². The van der Waals surface area contributed by atoms with Crippen LogP contribution >= 0.6 is 0 Å². The van der Waals surface area contributed by atoms with E-state index in [1.165, 1.54) is 29.2 Å². The summed E-state index contributed by atoms with van der Waals surface area (Å²) in [5.41, 5.74) is 0.265. The number of carbonyl (C=O) groups is 4. The molecule has 2 aromatic rings. The van der Waals surface area contributed by atoms with Crippen molar-refractivity contribution >= 4 is 23.8 Å². The highest BCUT2D eigenvalue weighted by Gasteiger charge is 2.43. The fourth-order valence-electron chi connectivity index (χ4n) is 3.12.